The first-order valence-corrected chi connectivity index (χ1v) is 9.71. The Morgan fingerprint density at radius 2 is 2.00 bits per heavy atom. The van der Waals surface area contributed by atoms with Crippen LogP contribution in [0.25, 0.3) is 10.7 Å². The molecular formula is C19H23N3O4S. The number of pyridine rings is 1. The third-order valence-electron chi connectivity index (χ3n) is 4.23. The van der Waals surface area contributed by atoms with Gasteiger partial charge in [-0.05, 0) is 39.8 Å². The Bertz CT molecular complexity index is 814. The van der Waals surface area contributed by atoms with Crippen LogP contribution in [0, 0.1) is 6.92 Å². The molecule has 2 aromatic rings. The van der Waals surface area contributed by atoms with Gasteiger partial charge in [0.1, 0.15) is 9.88 Å². The van der Waals surface area contributed by atoms with Crippen molar-refractivity contribution < 1.29 is 19.1 Å². The standard InChI is InChI=1S/C19H23N3O4S/c1-11-9-22(10-12(2)25-11)18(23)14(4)26-19(24)16-13(3)21-17(27-16)15-7-5-6-8-20-15/h5-8,11-12,14H,9-10H2,1-4H3/t11-,12-,14-/m1/s1. The lowest BCUT2D eigenvalue weighted by Crippen LogP contribution is -2.51. The van der Waals surface area contributed by atoms with Crippen LogP contribution in [0.15, 0.2) is 24.4 Å². The van der Waals surface area contributed by atoms with E-state index < -0.39 is 12.1 Å². The van der Waals surface area contributed by atoms with Crippen molar-refractivity contribution in [3.63, 3.8) is 0 Å². The number of aromatic nitrogens is 2. The van der Waals surface area contributed by atoms with Crippen LogP contribution in [-0.4, -0.2) is 58.1 Å². The van der Waals surface area contributed by atoms with E-state index in [0.29, 0.717) is 34.4 Å². The second kappa shape index (κ2) is 8.14. The number of esters is 1. The van der Waals surface area contributed by atoms with E-state index in [1.165, 1.54) is 11.3 Å². The Balaban J connectivity index is 1.68. The summed E-state index contributed by atoms with van der Waals surface area (Å²) in [6.07, 6.45) is 0.736. The minimum atomic E-state index is -0.866. The van der Waals surface area contributed by atoms with Gasteiger partial charge >= 0.3 is 5.97 Å². The Hall–Kier alpha value is -2.32. The second-order valence-electron chi connectivity index (χ2n) is 6.70. The van der Waals surface area contributed by atoms with Gasteiger partial charge in [0, 0.05) is 19.3 Å². The molecule has 3 rings (SSSR count). The quantitative estimate of drug-likeness (QED) is 0.748. The summed E-state index contributed by atoms with van der Waals surface area (Å²) in [7, 11) is 0. The molecule has 8 heteroatoms. The number of thiazole rings is 1. The van der Waals surface area contributed by atoms with Crippen molar-refractivity contribution in [1.29, 1.82) is 0 Å². The number of nitrogens with zero attached hydrogens (tertiary/aromatic N) is 3. The second-order valence-corrected chi connectivity index (χ2v) is 7.70. The molecule has 7 nitrogen and oxygen atoms in total. The molecule has 1 fully saturated rings. The fourth-order valence-electron chi connectivity index (χ4n) is 3.06. The smallest absolute Gasteiger partial charge is 0.351 e. The fraction of sp³-hybridized carbons (Fsp3) is 0.474. The summed E-state index contributed by atoms with van der Waals surface area (Å²) in [5, 5.41) is 0.648. The van der Waals surface area contributed by atoms with Crippen LogP contribution >= 0.6 is 11.3 Å². The number of rotatable bonds is 4. The molecule has 2 aromatic heterocycles. The monoisotopic (exact) mass is 389 g/mol. The third-order valence-corrected chi connectivity index (χ3v) is 5.39. The molecule has 1 aliphatic rings. The summed E-state index contributed by atoms with van der Waals surface area (Å²) in [5.74, 6) is -0.750. The van der Waals surface area contributed by atoms with Crippen LogP contribution in [0.5, 0.6) is 0 Å². The third kappa shape index (κ3) is 4.51. The normalized spacial score (nSPS) is 21.0. The molecule has 27 heavy (non-hydrogen) atoms. The molecule has 0 saturated carbocycles. The minimum Gasteiger partial charge on any atom is -0.448 e. The molecule has 0 radical (unpaired) electrons. The summed E-state index contributed by atoms with van der Waals surface area (Å²) in [4.78, 5) is 35.9. The first kappa shape index (κ1) is 19.4. The molecule has 3 heterocycles. The number of hydrogen-bond donors (Lipinski definition) is 0. The molecule has 1 saturated heterocycles. The first-order chi connectivity index (χ1) is 12.8. The summed E-state index contributed by atoms with van der Waals surface area (Å²) in [6, 6.07) is 5.52. The summed E-state index contributed by atoms with van der Waals surface area (Å²) in [5.41, 5.74) is 1.27. The van der Waals surface area contributed by atoms with E-state index in [9.17, 15) is 9.59 Å². The number of hydrogen-bond acceptors (Lipinski definition) is 7. The van der Waals surface area contributed by atoms with E-state index in [1.807, 2.05) is 32.0 Å². The largest absolute Gasteiger partial charge is 0.448 e. The highest BCUT2D eigenvalue weighted by molar-refractivity contribution is 7.17. The van der Waals surface area contributed by atoms with Gasteiger partial charge in [-0.2, -0.15) is 0 Å². The minimum absolute atomic E-state index is 0.0368. The number of aryl methyl sites for hydroxylation is 1. The lowest BCUT2D eigenvalue weighted by atomic mass is 10.2. The molecule has 0 N–H and O–H groups in total. The van der Waals surface area contributed by atoms with E-state index in [1.54, 1.807) is 24.9 Å². The molecule has 0 bridgehead atoms. The molecular weight excluding hydrogens is 366 g/mol. The molecule has 144 valence electrons. The number of carbonyl (C=O) groups is 2. The van der Waals surface area contributed by atoms with Gasteiger partial charge in [0.15, 0.2) is 6.10 Å². The maximum absolute atomic E-state index is 12.6. The van der Waals surface area contributed by atoms with Crippen LogP contribution in [0.4, 0.5) is 0 Å². The number of amides is 1. The Morgan fingerprint density at radius 3 is 2.63 bits per heavy atom. The predicted molar refractivity (Wildman–Crippen MR) is 102 cm³/mol. The highest BCUT2D eigenvalue weighted by atomic mass is 32.1. The first-order valence-electron chi connectivity index (χ1n) is 8.89. The van der Waals surface area contributed by atoms with E-state index >= 15 is 0 Å². The van der Waals surface area contributed by atoms with Crippen LogP contribution in [0.2, 0.25) is 0 Å². The lowest BCUT2D eigenvalue weighted by Gasteiger charge is -2.36. The molecule has 1 amide bonds. The van der Waals surface area contributed by atoms with Crippen LogP contribution in [-0.2, 0) is 14.3 Å². The zero-order valence-corrected chi connectivity index (χ0v) is 16.7. The fourth-order valence-corrected chi connectivity index (χ4v) is 3.99. The highest BCUT2D eigenvalue weighted by Gasteiger charge is 2.31. The van der Waals surface area contributed by atoms with Crippen LogP contribution in [0.3, 0.4) is 0 Å². The van der Waals surface area contributed by atoms with E-state index in [2.05, 4.69) is 9.97 Å². The molecule has 0 aliphatic carbocycles. The van der Waals surface area contributed by atoms with Gasteiger partial charge < -0.3 is 14.4 Å². The van der Waals surface area contributed by atoms with Crippen molar-refractivity contribution in [2.75, 3.05) is 13.1 Å². The Morgan fingerprint density at radius 1 is 1.30 bits per heavy atom. The van der Waals surface area contributed by atoms with Gasteiger partial charge in [-0.15, -0.1) is 11.3 Å². The summed E-state index contributed by atoms with van der Waals surface area (Å²) >= 11 is 1.22. The zero-order chi connectivity index (χ0) is 19.6. The molecule has 1 aliphatic heterocycles. The van der Waals surface area contributed by atoms with Crippen molar-refractivity contribution in [3.05, 3.63) is 35.0 Å². The van der Waals surface area contributed by atoms with Gasteiger partial charge in [-0.25, -0.2) is 9.78 Å². The zero-order valence-electron chi connectivity index (χ0n) is 15.8. The van der Waals surface area contributed by atoms with Crippen molar-refractivity contribution in [2.45, 2.75) is 46.0 Å². The predicted octanol–water partition coefficient (Wildman–Crippen LogP) is 2.69. The topological polar surface area (TPSA) is 81.6 Å². The van der Waals surface area contributed by atoms with Crippen LogP contribution in [0.1, 0.15) is 36.1 Å². The molecule has 0 aromatic carbocycles. The van der Waals surface area contributed by atoms with Crippen molar-refractivity contribution in [2.24, 2.45) is 0 Å². The number of carbonyl (C=O) groups excluding carboxylic acids is 2. The summed E-state index contributed by atoms with van der Waals surface area (Å²) < 4.78 is 11.1. The van der Waals surface area contributed by atoms with Gasteiger partial charge in [0.25, 0.3) is 5.91 Å². The SMILES string of the molecule is Cc1nc(-c2ccccn2)sc1C(=O)O[C@H](C)C(=O)N1C[C@@H](C)O[C@H](C)C1. The molecule has 3 atom stereocenters. The van der Waals surface area contributed by atoms with Crippen molar-refractivity contribution in [1.82, 2.24) is 14.9 Å². The lowest BCUT2D eigenvalue weighted by molar-refractivity contribution is -0.151. The Kier molecular flexibility index (Phi) is 5.86. The van der Waals surface area contributed by atoms with Crippen molar-refractivity contribution in [3.8, 4) is 10.7 Å². The van der Waals surface area contributed by atoms with Gasteiger partial charge in [-0.3, -0.25) is 9.78 Å². The van der Waals surface area contributed by atoms with Crippen molar-refractivity contribution >= 4 is 23.2 Å². The Labute approximate surface area is 162 Å². The van der Waals surface area contributed by atoms with Gasteiger partial charge in [-0.1, -0.05) is 6.07 Å². The average molecular weight is 389 g/mol. The maximum Gasteiger partial charge on any atom is 0.351 e. The van der Waals surface area contributed by atoms with E-state index in [4.69, 9.17) is 9.47 Å². The van der Waals surface area contributed by atoms with E-state index in [-0.39, 0.29) is 18.1 Å². The highest BCUT2D eigenvalue weighted by Crippen LogP contribution is 2.27. The maximum atomic E-state index is 12.6. The molecule has 0 spiro atoms. The summed E-state index contributed by atoms with van der Waals surface area (Å²) in [6.45, 7) is 8.18. The van der Waals surface area contributed by atoms with Gasteiger partial charge in [0.05, 0.1) is 23.6 Å². The average Bonchev–Trinajstić information content (AvgIpc) is 3.03. The van der Waals surface area contributed by atoms with Crippen LogP contribution < -0.4 is 0 Å². The number of morpholine rings is 1. The molecule has 0 unspecified atom stereocenters. The number of ether oxygens (including phenoxy) is 2. The van der Waals surface area contributed by atoms with E-state index in [0.717, 1.165) is 0 Å². The van der Waals surface area contributed by atoms with Gasteiger partial charge in [0.2, 0.25) is 0 Å².